The summed E-state index contributed by atoms with van der Waals surface area (Å²) in [4.78, 5) is 0. The Hall–Kier alpha value is -1.74. The second-order valence-electron chi connectivity index (χ2n) is 4.64. The highest BCUT2D eigenvalue weighted by atomic mass is 16.5. The van der Waals surface area contributed by atoms with Gasteiger partial charge in [0.05, 0.1) is 6.54 Å². The number of benzene rings is 1. The zero-order valence-corrected chi connectivity index (χ0v) is 11.1. The van der Waals surface area contributed by atoms with Crippen molar-refractivity contribution in [2.24, 2.45) is 5.73 Å². The summed E-state index contributed by atoms with van der Waals surface area (Å²) in [6, 6.07) is 8.14. The summed E-state index contributed by atoms with van der Waals surface area (Å²) < 4.78 is 11.3. The van der Waals surface area contributed by atoms with E-state index >= 15 is 0 Å². The van der Waals surface area contributed by atoms with Crippen LogP contribution >= 0.6 is 0 Å². The Balaban J connectivity index is 2.06. The van der Waals surface area contributed by atoms with Crippen molar-refractivity contribution in [1.82, 2.24) is 0 Å². The molecule has 3 nitrogen and oxygen atoms in total. The minimum Gasteiger partial charge on any atom is -0.486 e. The molecule has 0 saturated carbocycles. The first-order valence-electron chi connectivity index (χ1n) is 6.08. The molecule has 2 N–H and O–H groups in total. The standard InChI is InChI=1S/C15H19NO2/c1-10-4-11(2)6-13(5-10)17-9-14-7-12(3)15(8-16)18-14/h4-7H,8-9,16H2,1-3H3. The Morgan fingerprint density at radius 3 is 2.28 bits per heavy atom. The molecule has 2 aromatic rings. The van der Waals surface area contributed by atoms with E-state index in [9.17, 15) is 0 Å². The summed E-state index contributed by atoms with van der Waals surface area (Å²) in [5, 5.41) is 0. The highest BCUT2D eigenvalue weighted by Crippen LogP contribution is 2.19. The number of ether oxygens (including phenoxy) is 1. The van der Waals surface area contributed by atoms with Crippen molar-refractivity contribution in [2.75, 3.05) is 0 Å². The maximum absolute atomic E-state index is 5.73. The molecule has 1 aromatic heterocycles. The maximum Gasteiger partial charge on any atom is 0.146 e. The lowest BCUT2D eigenvalue weighted by Crippen LogP contribution is -1.96. The first-order chi connectivity index (χ1) is 8.58. The van der Waals surface area contributed by atoms with E-state index in [1.165, 1.54) is 11.1 Å². The van der Waals surface area contributed by atoms with Gasteiger partial charge in [0.1, 0.15) is 23.9 Å². The lowest BCUT2D eigenvalue weighted by atomic mass is 10.1. The van der Waals surface area contributed by atoms with Crippen LogP contribution in [0.5, 0.6) is 5.75 Å². The molecule has 0 aliphatic carbocycles. The van der Waals surface area contributed by atoms with Gasteiger partial charge in [0.2, 0.25) is 0 Å². The predicted molar refractivity (Wildman–Crippen MR) is 71.6 cm³/mol. The number of hydrogen-bond donors (Lipinski definition) is 1. The molecule has 0 atom stereocenters. The van der Waals surface area contributed by atoms with Gasteiger partial charge in [0.15, 0.2) is 0 Å². The zero-order valence-electron chi connectivity index (χ0n) is 11.1. The van der Waals surface area contributed by atoms with Crippen LogP contribution in [-0.2, 0) is 13.2 Å². The number of aryl methyl sites for hydroxylation is 3. The molecule has 1 aromatic carbocycles. The predicted octanol–water partition coefficient (Wildman–Crippen LogP) is 3.24. The van der Waals surface area contributed by atoms with E-state index in [-0.39, 0.29) is 0 Å². The summed E-state index contributed by atoms with van der Waals surface area (Å²) >= 11 is 0. The van der Waals surface area contributed by atoms with Crippen LogP contribution in [0.15, 0.2) is 28.7 Å². The molecule has 0 fully saturated rings. The largest absolute Gasteiger partial charge is 0.486 e. The van der Waals surface area contributed by atoms with E-state index < -0.39 is 0 Å². The van der Waals surface area contributed by atoms with Crippen molar-refractivity contribution in [3.63, 3.8) is 0 Å². The Labute approximate surface area is 108 Å². The van der Waals surface area contributed by atoms with E-state index in [2.05, 4.69) is 19.9 Å². The lowest BCUT2D eigenvalue weighted by molar-refractivity contribution is 0.266. The van der Waals surface area contributed by atoms with Gasteiger partial charge in [-0.1, -0.05) is 6.07 Å². The molecular weight excluding hydrogens is 226 g/mol. The van der Waals surface area contributed by atoms with Crippen LogP contribution in [0, 0.1) is 20.8 Å². The smallest absolute Gasteiger partial charge is 0.146 e. The van der Waals surface area contributed by atoms with Gasteiger partial charge in [-0.2, -0.15) is 0 Å². The van der Waals surface area contributed by atoms with Crippen LogP contribution in [0.2, 0.25) is 0 Å². The highest BCUT2D eigenvalue weighted by molar-refractivity contribution is 5.33. The number of furan rings is 1. The molecule has 0 aliphatic rings. The van der Waals surface area contributed by atoms with Gasteiger partial charge in [-0.25, -0.2) is 0 Å². The van der Waals surface area contributed by atoms with Gasteiger partial charge in [0, 0.05) is 0 Å². The second kappa shape index (κ2) is 5.27. The fourth-order valence-corrected chi connectivity index (χ4v) is 2.03. The van der Waals surface area contributed by atoms with Gasteiger partial charge in [-0.3, -0.25) is 0 Å². The third kappa shape index (κ3) is 2.93. The molecule has 0 radical (unpaired) electrons. The van der Waals surface area contributed by atoms with Gasteiger partial charge in [-0.05, 0) is 55.7 Å². The molecule has 0 spiro atoms. The molecular formula is C15H19NO2. The Bertz CT molecular complexity index is 523. The fraction of sp³-hybridized carbons (Fsp3) is 0.333. The highest BCUT2D eigenvalue weighted by Gasteiger charge is 2.06. The SMILES string of the molecule is Cc1cc(C)cc(OCc2cc(C)c(CN)o2)c1. The average Bonchev–Trinajstić information content (AvgIpc) is 2.66. The Morgan fingerprint density at radius 1 is 1.06 bits per heavy atom. The van der Waals surface area contributed by atoms with Crippen LogP contribution < -0.4 is 10.5 Å². The molecule has 1 heterocycles. The van der Waals surface area contributed by atoms with E-state index in [0.29, 0.717) is 13.2 Å². The first-order valence-corrected chi connectivity index (χ1v) is 6.08. The minimum atomic E-state index is 0.426. The molecule has 0 amide bonds. The minimum absolute atomic E-state index is 0.426. The number of hydrogen-bond acceptors (Lipinski definition) is 3. The van der Waals surface area contributed by atoms with Crippen molar-refractivity contribution in [3.05, 3.63) is 52.5 Å². The van der Waals surface area contributed by atoms with Gasteiger partial charge >= 0.3 is 0 Å². The number of nitrogens with two attached hydrogens (primary N) is 1. The van der Waals surface area contributed by atoms with Gasteiger partial charge < -0.3 is 14.9 Å². The van der Waals surface area contributed by atoms with Crippen LogP contribution in [0.25, 0.3) is 0 Å². The average molecular weight is 245 g/mol. The van der Waals surface area contributed by atoms with Crippen molar-refractivity contribution < 1.29 is 9.15 Å². The third-order valence-electron chi connectivity index (χ3n) is 2.83. The van der Waals surface area contributed by atoms with Crippen molar-refractivity contribution in [2.45, 2.75) is 33.9 Å². The third-order valence-corrected chi connectivity index (χ3v) is 2.83. The van der Waals surface area contributed by atoms with E-state index in [4.69, 9.17) is 14.9 Å². The monoisotopic (exact) mass is 245 g/mol. The molecule has 2 rings (SSSR count). The van der Waals surface area contributed by atoms with Crippen molar-refractivity contribution in [3.8, 4) is 5.75 Å². The number of rotatable bonds is 4. The zero-order chi connectivity index (χ0) is 13.1. The van der Waals surface area contributed by atoms with Crippen LogP contribution in [0.3, 0.4) is 0 Å². The summed E-state index contributed by atoms with van der Waals surface area (Å²) in [5.41, 5.74) is 9.05. The quantitative estimate of drug-likeness (QED) is 0.899. The topological polar surface area (TPSA) is 48.4 Å². The van der Waals surface area contributed by atoms with Crippen molar-refractivity contribution >= 4 is 0 Å². The van der Waals surface area contributed by atoms with Gasteiger partial charge in [-0.15, -0.1) is 0 Å². The summed E-state index contributed by atoms with van der Waals surface area (Å²) in [6.07, 6.45) is 0. The molecule has 96 valence electrons. The molecule has 0 bridgehead atoms. The van der Waals surface area contributed by atoms with E-state index in [1.54, 1.807) is 0 Å². The maximum atomic E-state index is 5.73. The molecule has 3 heteroatoms. The van der Waals surface area contributed by atoms with Gasteiger partial charge in [0.25, 0.3) is 0 Å². The fourth-order valence-electron chi connectivity index (χ4n) is 2.03. The molecule has 0 unspecified atom stereocenters. The summed E-state index contributed by atoms with van der Waals surface area (Å²) in [6.45, 7) is 6.97. The Kier molecular flexibility index (Phi) is 3.72. The van der Waals surface area contributed by atoms with Crippen molar-refractivity contribution in [1.29, 1.82) is 0 Å². The molecule has 0 saturated heterocycles. The molecule has 18 heavy (non-hydrogen) atoms. The normalized spacial score (nSPS) is 10.7. The van der Waals surface area contributed by atoms with E-state index in [0.717, 1.165) is 22.8 Å². The van der Waals surface area contributed by atoms with Crippen LogP contribution in [0.4, 0.5) is 0 Å². The summed E-state index contributed by atoms with van der Waals surface area (Å²) in [7, 11) is 0. The van der Waals surface area contributed by atoms with Crippen LogP contribution in [-0.4, -0.2) is 0 Å². The van der Waals surface area contributed by atoms with E-state index in [1.807, 2.05) is 25.1 Å². The summed E-state index contributed by atoms with van der Waals surface area (Å²) in [5.74, 6) is 2.51. The van der Waals surface area contributed by atoms with Crippen LogP contribution in [0.1, 0.15) is 28.2 Å². The first kappa shape index (κ1) is 12.7. The Morgan fingerprint density at radius 2 is 1.72 bits per heavy atom. The second-order valence-corrected chi connectivity index (χ2v) is 4.64. The molecule has 0 aliphatic heterocycles. The lowest BCUT2D eigenvalue weighted by Gasteiger charge is -2.06.